The predicted molar refractivity (Wildman–Crippen MR) is 83.0 cm³/mol. The van der Waals surface area contributed by atoms with E-state index in [1.165, 1.54) is 36.8 Å². The fourth-order valence-corrected chi connectivity index (χ4v) is 3.74. The van der Waals surface area contributed by atoms with Crippen LogP contribution < -0.4 is 0 Å². The number of fused-ring (bicyclic) bond motifs is 1. The molecule has 0 saturated heterocycles. The fourth-order valence-electron chi connectivity index (χ4n) is 3.54. The van der Waals surface area contributed by atoms with E-state index < -0.39 is 0 Å². The zero-order chi connectivity index (χ0) is 13.7. The van der Waals surface area contributed by atoms with Gasteiger partial charge in [-0.1, -0.05) is 6.07 Å². The van der Waals surface area contributed by atoms with Gasteiger partial charge in [0.25, 0.3) is 0 Å². The molecule has 0 spiro atoms. The molecule has 0 radical (unpaired) electrons. The largest absolute Gasteiger partial charge is 0.327 e. The number of nitrogens with zero attached hydrogens (tertiary/aromatic N) is 2. The third-order valence-corrected chi connectivity index (χ3v) is 5.19. The van der Waals surface area contributed by atoms with Gasteiger partial charge in [0, 0.05) is 6.54 Å². The van der Waals surface area contributed by atoms with Crippen molar-refractivity contribution in [2.24, 2.45) is 17.8 Å². The third-order valence-electron chi connectivity index (χ3n) is 4.95. The van der Waals surface area contributed by atoms with Gasteiger partial charge in [0.05, 0.1) is 16.9 Å². The Labute approximate surface area is 125 Å². The zero-order valence-electron chi connectivity index (χ0n) is 12.0. The van der Waals surface area contributed by atoms with Crippen molar-refractivity contribution in [1.82, 2.24) is 9.55 Å². The molecule has 1 aromatic carbocycles. The maximum atomic E-state index is 6.13. The van der Waals surface area contributed by atoms with Crippen molar-refractivity contribution < 1.29 is 0 Å². The van der Waals surface area contributed by atoms with Gasteiger partial charge in [-0.15, -0.1) is 11.6 Å². The van der Waals surface area contributed by atoms with Crippen LogP contribution in [0.25, 0.3) is 11.0 Å². The molecule has 0 atom stereocenters. The smallest absolute Gasteiger partial charge is 0.124 e. The lowest BCUT2D eigenvalue weighted by Crippen LogP contribution is -2.16. The fraction of sp³-hybridized carbons (Fsp3) is 0.588. The van der Waals surface area contributed by atoms with Crippen molar-refractivity contribution in [2.75, 3.05) is 0 Å². The van der Waals surface area contributed by atoms with Crippen LogP contribution in [0.15, 0.2) is 18.2 Å². The second-order valence-electron chi connectivity index (χ2n) is 6.60. The number of aryl methyl sites for hydroxylation is 1. The second kappa shape index (κ2) is 4.77. The number of hydrogen-bond donors (Lipinski definition) is 0. The minimum absolute atomic E-state index is 0.510. The molecular formula is C17H21ClN2. The van der Waals surface area contributed by atoms with Gasteiger partial charge in [0.1, 0.15) is 5.82 Å². The summed E-state index contributed by atoms with van der Waals surface area (Å²) in [7, 11) is 0. The lowest BCUT2D eigenvalue weighted by atomic mass is 9.97. The summed E-state index contributed by atoms with van der Waals surface area (Å²) in [6, 6.07) is 6.57. The Morgan fingerprint density at radius 1 is 1.25 bits per heavy atom. The highest BCUT2D eigenvalue weighted by atomic mass is 35.5. The molecular weight excluding hydrogens is 268 g/mol. The highest BCUT2D eigenvalue weighted by molar-refractivity contribution is 6.16. The average molecular weight is 289 g/mol. The summed E-state index contributed by atoms with van der Waals surface area (Å²) in [5.74, 6) is 4.34. The first kappa shape index (κ1) is 12.7. The number of aromatic nitrogens is 2. The summed E-state index contributed by atoms with van der Waals surface area (Å²) in [5.41, 5.74) is 3.63. The van der Waals surface area contributed by atoms with Crippen LogP contribution >= 0.6 is 11.6 Å². The number of benzene rings is 1. The molecule has 2 saturated carbocycles. The topological polar surface area (TPSA) is 17.8 Å². The van der Waals surface area contributed by atoms with E-state index in [1.54, 1.807) is 0 Å². The van der Waals surface area contributed by atoms with Gasteiger partial charge in [-0.25, -0.2) is 4.98 Å². The summed E-state index contributed by atoms with van der Waals surface area (Å²) >= 11 is 6.13. The first-order chi connectivity index (χ1) is 9.76. The molecule has 3 heteroatoms. The first-order valence-corrected chi connectivity index (χ1v) is 8.31. The van der Waals surface area contributed by atoms with E-state index >= 15 is 0 Å². The van der Waals surface area contributed by atoms with Crippen molar-refractivity contribution in [3.8, 4) is 0 Å². The quantitative estimate of drug-likeness (QED) is 0.740. The predicted octanol–water partition coefficient (Wildman–Crippen LogP) is 4.52. The SMILES string of the molecule is Cc1ccc2c(c1)nc(CCl)n2CC(C1CC1)C1CC1. The van der Waals surface area contributed by atoms with E-state index in [9.17, 15) is 0 Å². The molecule has 0 amide bonds. The summed E-state index contributed by atoms with van der Waals surface area (Å²) in [6.45, 7) is 3.24. The zero-order valence-corrected chi connectivity index (χ0v) is 12.7. The van der Waals surface area contributed by atoms with Crippen molar-refractivity contribution >= 4 is 22.6 Å². The molecule has 0 aliphatic heterocycles. The van der Waals surface area contributed by atoms with E-state index in [0.717, 1.165) is 35.6 Å². The van der Waals surface area contributed by atoms with Crippen LogP contribution in [-0.2, 0) is 12.4 Å². The Morgan fingerprint density at radius 2 is 1.95 bits per heavy atom. The van der Waals surface area contributed by atoms with E-state index in [0.29, 0.717) is 5.88 Å². The monoisotopic (exact) mass is 288 g/mol. The van der Waals surface area contributed by atoms with Gasteiger partial charge >= 0.3 is 0 Å². The normalized spacial score (nSPS) is 19.1. The molecule has 2 aliphatic carbocycles. The van der Waals surface area contributed by atoms with Gasteiger partial charge < -0.3 is 4.57 Å². The van der Waals surface area contributed by atoms with Crippen LogP contribution in [0.5, 0.6) is 0 Å². The van der Waals surface area contributed by atoms with Crippen LogP contribution in [0.1, 0.15) is 37.1 Å². The van der Waals surface area contributed by atoms with E-state index in [4.69, 9.17) is 16.6 Å². The number of rotatable bonds is 5. The van der Waals surface area contributed by atoms with Gasteiger partial charge in [-0.05, 0) is 68.1 Å². The van der Waals surface area contributed by atoms with Gasteiger partial charge in [0.15, 0.2) is 0 Å². The Balaban J connectivity index is 1.73. The minimum atomic E-state index is 0.510. The summed E-state index contributed by atoms with van der Waals surface area (Å²) in [4.78, 5) is 4.74. The van der Waals surface area contributed by atoms with Gasteiger partial charge in [0.2, 0.25) is 0 Å². The first-order valence-electron chi connectivity index (χ1n) is 7.78. The molecule has 20 heavy (non-hydrogen) atoms. The Morgan fingerprint density at radius 3 is 2.55 bits per heavy atom. The molecule has 106 valence electrons. The van der Waals surface area contributed by atoms with E-state index in [-0.39, 0.29) is 0 Å². The number of alkyl halides is 1. The molecule has 1 heterocycles. The number of halogens is 1. The summed E-state index contributed by atoms with van der Waals surface area (Å²) in [6.07, 6.45) is 5.73. The summed E-state index contributed by atoms with van der Waals surface area (Å²) < 4.78 is 2.39. The van der Waals surface area contributed by atoms with Crippen LogP contribution in [0.4, 0.5) is 0 Å². The van der Waals surface area contributed by atoms with Crippen molar-refractivity contribution in [3.63, 3.8) is 0 Å². The number of imidazole rings is 1. The van der Waals surface area contributed by atoms with E-state index in [2.05, 4.69) is 29.7 Å². The van der Waals surface area contributed by atoms with Gasteiger partial charge in [-0.2, -0.15) is 0 Å². The standard InChI is InChI=1S/C17H21ClN2/c1-11-2-7-16-15(8-11)19-17(9-18)20(16)10-14(12-3-4-12)13-5-6-13/h2,7-8,12-14H,3-6,9-10H2,1H3. The van der Waals surface area contributed by atoms with Crippen LogP contribution in [-0.4, -0.2) is 9.55 Å². The molecule has 2 aliphatic rings. The third kappa shape index (κ3) is 2.24. The van der Waals surface area contributed by atoms with E-state index in [1.807, 2.05) is 0 Å². The minimum Gasteiger partial charge on any atom is -0.327 e. The lowest BCUT2D eigenvalue weighted by molar-refractivity contribution is 0.350. The lowest BCUT2D eigenvalue weighted by Gasteiger charge is -2.18. The molecule has 0 N–H and O–H groups in total. The highest BCUT2D eigenvalue weighted by Gasteiger charge is 2.41. The molecule has 2 nitrogen and oxygen atoms in total. The van der Waals surface area contributed by atoms with Gasteiger partial charge in [-0.3, -0.25) is 0 Å². The highest BCUT2D eigenvalue weighted by Crippen LogP contribution is 2.50. The van der Waals surface area contributed by atoms with Crippen LogP contribution in [0.2, 0.25) is 0 Å². The van der Waals surface area contributed by atoms with Crippen molar-refractivity contribution in [1.29, 1.82) is 0 Å². The molecule has 2 fully saturated rings. The second-order valence-corrected chi connectivity index (χ2v) is 6.87. The van der Waals surface area contributed by atoms with Crippen LogP contribution in [0.3, 0.4) is 0 Å². The maximum Gasteiger partial charge on any atom is 0.124 e. The number of hydrogen-bond acceptors (Lipinski definition) is 1. The Hall–Kier alpha value is -1.02. The molecule has 0 unspecified atom stereocenters. The van der Waals surface area contributed by atoms with Crippen LogP contribution in [0, 0.1) is 24.7 Å². The molecule has 2 aromatic rings. The summed E-state index contributed by atoms with van der Waals surface area (Å²) in [5, 5.41) is 0. The molecule has 4 rings (SSSR count). The van der Waals surface area contributed by atoms with Crippen molar-refractivity contribution in [2.45, 2.75) is 45.0 Å². The maximum absolute atomic E-state index is 6.13. The molecule has 1 aromatic heterocycles. The average Bonchev–Trinajstić information content (AvgIpc) is 3.33. The van der Waals surface area contributed by atoms with Crippen molar-refractivity contribution in [3.05, 3.63) is 29.6 Å². The Kier molecular flexibility index (Phi) is 3.03. The molecule has 0 bridgehead atoms. The Bertz CT molecular complexity index is 626.